The summed E-state index contributed by atoms with van der Waals surface area (Å²) in [7, 11) is 0. The van der Waals surface area contributed by atoms with Gasteiger partial charge < -0.3 is 10.2 Å². The first-order chi connectivity index (χ1) is 9.16. The van der Waals surface area contributed by atoms with Crippen molar-refractivity contribution in [3.8, 4) is 0 Å². The molecule has 1 aromatic rings. The molecule has 5 heteroatoms. The summed E-state index contributed by atoms with van der Waals surface area (Å²) in [6, 6.07) is 4.96. The maximum absolute atomic E-state index is 10.7. The summed E-state index contributed by atoms with van der Waals surface area (Å²) < 4.78 is 0. The monoisotopic (exact) mass is 263 g/mol. The molecule has 0 aromatic heterocycles. The maximum atomic E-state index is 10.7. The van der Waals surface area contributed by atoms with E-state index in [-0.39, 0.29) is 10.6 Å². The lowest BCUT2D eigenvalue weighted by atomic mass is 10.2. The Morgan fingerprint density at radius 2 is 2.11 bits per heavy atom. The number of non-ortho nitro benzene ring substituents is 1. The van der Waals surface area contributed by atoms with Crippen molar-refractivity contribution in [2.75, 3.05) is 31.5 Å². The number of aryl methyl sites for hydroxylation is 1. The van der Waals surface area contributed by atoms with Gasteiger partial charge in [-0.2, -0.15) is 0 Å². The van der Waals surface area contributed by atoms with E-state index < -0.39 is 0 Å². The molecule has 0 atom stereocenters. The number of hydrogen-bond acceptors (Lipinski definition) is 4. The first kappa shape index (κ1) is 13.8. The number of benzene rings is 1. The van der Waals surface area contributed by atoms with Crippen molar-refractivity contribution in [1.29, 1.82) is 0 Å². The maximum Gasteiger partial charge on any atom is 0.271 e. The van der Waals surface area contributed by atoms with Crippen molar-refractivity contribution < 1.29 is 4.92 Å². The smallest absolute Gasteiger partial charge is 0.271 e. The average molecular weight is 263 g/mol. The summed E-state index contributed by atoms with van der Waals surface area (Å²) in [5, 5.41) is 14.0. The Hall–Kier alpha value is -1.62. The number of nitro groups is 1. The number of likely N-dealkylation sites (tertiary alicyclic amines) is 1. The Kier molecular flexibility index (Phi) is 4.74. The molecule has 1 heterocycles. The number of anilines is 1. The Morgan fingerprint density at radius 3 is 2.79 bits per heavy atom. The van der Waals surface area contributed by atoms with Crippen LogP contribution in [-0.2, 0) is 0 Å². The van der Waals surface area contributed by atoms with E-state index in [0.29, 0.717) is 0 Å². The fourth-order valence-electron chi connectivity index (χ4n) is 2.45. The second-order valence-electron chi connectivity index (χ2n) is 5.09. The Balaban J connectivity index is 1.81. The summed E-state index contributed by atoms with van der Waals surface area (Å²) in [5.74, 6) is 0. The molecular formula is C14H21N3O2. The van der Waals surface area contributed by atoms with Gasteiger partial charge in [-0.05, 0) is 51.4 Å². The van der Waals surface area contributed by atoms with Crippen LogP contribution in [0.4, 0.5) is 11.4 Å². The number of hydrogen-bond donors (Lipinski definition) is 1. The minimum atomic E-state index is -0.352. The van der Waals surface area contributed by atoms with Crippen LogP contribution in [0.25, 0.3) is 0 Å². The van der Waals surface area contributed by atoms with E-state index >= 15 is 0 Å². The van der Waals surface area contributed by atoms with Crippen molar-refractivity contribution in [3.05, 3.63) is 33.9 Å². The molecule has 1 aromatic carbocycles. The van der Waals surface area contributed by atoms with Gasteiger partial charge in [-0.1, -0.05) is 6.07 Å². The van der Waals surface area contributed by atoms with Crippen LogP contribution >= 0.6 is 0 Å². The third kappa shape index (κ3) is 3.92. The molecule has 1 aliphatic rings. The van der Waals surface area contributed by atoms with Gasteiger partial charge in [0.2, 0.25) is 0 Å². The predicted octanol–water partition coefficient (Wildman–Crippen LogP) is 2.80. The summed E-state index contributed by atoms with van der Waals surface area (Å²) in [4.78, 5) is 12.9. The van der Waals surface area contributed by atoms with Gasteiger partial charge in [0.05, 0.1) is 4.92 Å². The zero-order valence-electron chi connectivity index (χ0n) is 11.4. The fraction of sp³-hybridized carbons (Fsp3) is 0.571. The minimum absolute atomic E-state index is 0.146. The first-order valence-electron chi connectivity index (χ1n) is 6.88. The van der Waals surface area contributed by atoms with Gasteiger partial charge in [0.1, 0.15) is 0 Å². The highest BCUT2D eigenvalue weighted by atomic mass is 16.6. The number of rotatable bonds is 6. The molecule has 0 spiro atoms. The zero-order valence-corrected chi connectivity index (χ0v) is 11.4. The molecule has 1 aliphatic heterocycles. The zero-order chi connectivity index (χ0) is 13.7. The second kappa shape index (κ2) is 6.52. The Morgan fingerprint density at radius 1 is 1.37 bits per heavy atom. The molecule has 0 aliphatic carbocycles. The van der Waals surface area contributed by atoms with Crippen molar-refractivity contribution >= 4 is 11.4 Å². The second-order valence-corrected chi connectivity index (χ2v) is 5.09. The van der Waals surface area contributed by atoms with Crippen molar-refractivity contribution in [3.63, 3.8) is 0 Å². The van der Waals surface area contributed by atoms with Crippen LogP contribution in [0.15, 0.2) is 18.2 Å². The molecule has 2 rings (SSSR count). The van der Waals surface area contributed by atoms with Gasteiger partial charge in [0, 0.05) is 24.4 Å². The molecular weight excluding hydrogens is 242 g/mol. The minimum Gasteiger partial charge on any atom is -0.385 e. The lowest BCUT2D eigenvalue weighted by Crippen LogP contribution is -2.22. The molecule has 1 saturated heterocycles. The van der Waals surface area contributed by atoms with Gasteiger partial charge in [-0.15, -0.1) is 0 Å². The molecule has 5 nitrogen and oxygen atoms in total. The molecule has 0 saturated carbocycles. The highest BCUT2D eigenvalue weighted by Gasteiger charge is 2.11. The van der Waals surface area contributed by atoms with Gasteiger partial charge in [-0.25, -0.2) is 0 Å². The third-order valence-corrected chi connectivity index (χ3v) is 3.60. The molecule has 0 amide bonds. The van der Waals surface area contributed by atoms with Crippen LogP contribution in [-0.4, -0.2) is 36.0 Å². The molecule has 0 unspecified atom stereocenters. The summed E-state index contributed by atoms with van der Waals surface area (Å²) in [6.07, 6.45) is 3.71. The third-order valence-electron chi connectivity index (χ3n) is 3.60. The quantitative estimate of drug-likeness (QED) is 0.487. The van der Waals surface area contributed by atoms with Crippen LogP contribution in [0.5, 0.6) is 0 Å². The Bertz CT molecular complexity index is 442. The molecule has 19 heavy (non-hydrogen) atoms. The van der Waals surface area contributed by atoms with E-state index in [1.807, 2.05) is 6.92 Å². The Labute approximate surface area is 113 Å². The largest absolute Gasteiger partial charge is 0.385 e. The van der Waals surface area contributed by atoms with E-state index in [0.717, 1.165) is 30.8 Å². The van der Waals surface area contributed by atoms with Gasteiger partial charge >= 0.3 is 0 Å². The highest BCUT2D eigenvalue weighted by molar-refractivity contribution is 5.56. The molecule has 104 valence electrons. The number of nitro benzene ring substituents is 1. The SMILES string of the molecule is Cc1ccc([N+](=O)[O-])cc1NCCCN1CCCC1. The number of nitrogens with zero attached hydrogens (tertiary/aromatic N) is 2. The van der Waals surface area contributed by atoms with Crippen molar-refractivity contribution in [2.45, 2.75) is 26.2 Å². The molecule has 1 fully saturated rings. The molecule has 0 radical (unpaired) electrons. The van der Waals surface area contributed by atoms with E-state index in [1.54, 1.807) is 18.2 Å². The predicted molar refractivity (Wildman–Crippen MR) is 76.6 cm³/mol. The van der Waals surface area contributed by atoms with E-state index in [1.165, 1.54) is 25.9 Å². The fourth-order valence-corrected chi connectivity index (χ4v) is 2.45. The van der Waals surface area contributed by atoms with E-state index in [9.17, 15) is 10.1 Å². The number of nitrogens with one attached hydrogen (secondary N) is 1. The van der Waals surface area contributed by atoms with Crippen LogP contribution < -0.4 is 5.32 Å². The van der Waals surface area contributed by atoms with Gasteiger partial charge in [0.25, 0.3) is 5.69 Å². The van der Waals surface area contributed by atoms with Crippen LogP contribution in [0, 0.1) is 17.0 Å². The summed E-state index contributed by atoms with van der Waals surface area (Å²) >= 11 is 0. The van der Waals surface area contributed by atoms with Crippen LogP contribution in [0.1, 0.15) is 24.8 Å². The van der Waals surface area contributed by atoms with Crippen LogP contribution in [0.3, 0.4) is 0 Å². The topological polar surface area (TPSA) is 58.4 Å². The molecule has 0 bridgehead atoms. The van der Waals surface area contributed by atoms with Crippen molar-refractivity contribution in [1.82, 2.24) is 4.90 Å². The van der Waals surface area contributed by atoms with Gasteiger partial charge in [0.15, 0.2) is 0 Å². The van der Waals surface area contributed by atoms with Crippen LogP contribution in [0.2, 0.25) is 0 Å². The van der Waals surface area contributed by atoms with Gasteiger partial charge in [-0.3, -0.25) is 10.1 Å². The average Bonchev–Trinajstić information content (AvgIpc) is 2.89. The molecule has 1 N–H and O–H groups in total. The first-order valence-corrected chi connectivity index (χ1v) is 6.88. The van der Waals surface area contributed by atoms with Crippen molar-refractivity contribution in [2.24, 2.45) is 0 Å². The summed E-state index contributed by atoms with van der Waals surface area (Å²) in [6.45, 7) is 6.37. The van der Waals surface area contributed by atoms with E-state index in [4.69, 9.17) is 0 Å². The lowest BCUT2D eigenvalue weighted by molar-refractivity contribution is -0.384. The standard InChI is InChI=1S/C14H21N3O2/c1-12-5-6-13(17(18)19)11-14(12)15-7-4-10-16-8-2-3-9-16/h5-6,11,15H,2-4,7-10H2,1H3. The highest BCUT2D eigenvalue weighted by Crippen LogP contribution is 2.21. The van der Waals surface area contributed by atoms with E-state index in [2.05, 4.69) is 10.2 Å². The summed E-state index contributed by atoms with van der Waals surface area (Å²) in [5.41, 5.74) is 2.06. The lowest BCUT2D eigenvalue weighted by Gasteiger charge is -2.15. The normalized spacial score (nSPS) is 15.6.